The number of nitrogens with zero attached hydrogens (tertiary/aromatic N) is 1. The molecule has 0 fully saturated rings. The van der Waals surface area contributed by atoms with Gasteiger partial charge in [0.1, 0.15) is 17.5 Å². The van der Waals surface area contributed by atoms with E-state index in [1.54, 1.807) is 12.1 Å². The van der Waals surface area contributed by atoms with Gasteiger partial charge >= 0.3 is 5.97 Å². The molecule has 0 aliphatic carbocycles. The van der Waals surface area contributed by atoms with E-state index in [2.05, 4.69) is 29.6 Å². The molecule has 3 aromatic rings. The Morgan fingerprint density at radius 3 is 2.14 bits per heavy atom. The number of aliphatic imine (C=N–C) groups is 1. The number of esters is 1. The molecule has 0 aromatic heterocycles. The second-order valence-electron chi connectivity index (χ2n) is 11.7. The number of benzene rings is 3. The van der Waals surface area contributed by atoms with Crippen LogP contribution in [0.5, 0.6) is 5.75 Å². The van der Waals surface area contributed by atoms with Crippen LogP contribution in [0.1, 0.15) is 69.6 Å². The quantitative estimate of drug-likeness (QED) is 0.205. The van der Waals surface area contributed by atoms with Crippen molar-refractivity contribution in [1.29, 1.82) is 0 Å². The fourth-order valence-corrected chi connectivity index (χ4v) is 5.08. The van der Waals surface area contributed by atoms with Crippen molar-refractivity contribution in [2.24, 2.45) is 4.99 Å². The van der Waals surface area contributed by atoms with Crippen LogP contribution in [-0.4, -0.2) is 59.9 Å². The molecule has 4 rings (SSSR count). The van der Waals surface area contributed by atoms with Gasteiger partial charge in [-0.05, 0) is 69.5 Å². The number of carbonyl (C=O) groups is 2. The number of rotatable bonds is 13. The van der Waals surface area contributed by atoms with Crippen LogP contribution >= 0.6 is 0 Å². The summed E-state index contributed by atoms with van der Waals surface area (Å²) in [7, 11) is 0. The smallest absolute Gasteiger partial charge is 0.306 e. The van der Waals surface area contributed by atoms with E-state index < -0.39 is 23.2 Å². The number of amides is 1. The zero-order valence-electron chi connectivity index (χ0n) is 25.4. The summed E-state index contributed by atoms with van der Waals surface area (Å²) in [5.41, 5.74) is 0.884. The van der Waals surface area contributed by atoms with Crippen molar-refractivity contribution in [3.05, 3.63) is 102 Å². The van der Waals surface area contributed by atoms with Crippen molar-refractivity contribution in [1.82, 2.24) is 5.32 Å². The van der Waals surface area contributed by atoms with Crippen LogP contribution in [0.2, 0.25) is 0 Å². The summed E-state index contributed by atoms with van der Waals surface area (Å²) in [5.74, 6) is 0.210. The number of aliphatic hydroxyl groups is 1. The molecule has 43 heavy (non-hydrogen) atoms. The molecule has 0 radical (unpaired) electrons. The molecule has 228 valence electrons. The van der Waals surface area contributed by atoms with E-state index in [4.69, 9.17) is 24.3 Å². The van der Waals surface area contributed by atoms with Crippen molar-refractivity contribution in [2.75, 3.05) is 19.8 Å². The standard InChI is InChI=1S/C35H42N2O6/c1-25-35(21-20-31(39)43-34(2,3)4,37-32(42-25)28-16-18-29(19-17-28)41-23-11-22-38)33(40)36-24-30(26-12-7-5-8-13-26)27-14-9-6-10-15-27/h5-10,12-19,25,30,38H,11,20-24H2,1-4H3,(H,36,40)/t25-,35-/m1/s1. The lowest BCUT2D eigenvalue weighted by Gasteiger charge is -2.29. The van der Waals surface area contributed by atoms with Gasteiger partial charge in [0.25, 0.3) is 5.91 Å². The lowest BCUT2D eigenvalue weighted by molar-refractivity contribution is -0.155. The molecule has 0 bridgehead atoms. The lowest BCUT2D eigenvalue weighted by Crippen LogP contribution is -2.52. The highest BCUT2D eigenvalue weighted by molar-refractivity contribution is 6.01. The molecule has 1 aliphatic heterocycles. The summed E-state index contributed by atoms with van der Waals surface area (Å²) in [6.45, 7) is 8.07. The van der Waals surface area contributed by atoms with Crippen molar-refractivity contribution >= 4 is 17.8 Å². The second kappa shape index (κ2) is 14.3. The minimum absolute atomic E-state index is 0.00754. The van der Waals surface area contributed by atoms with Gasteiger partial charge in [0.05, 0.1) is 6.61 Å². The van der Waals surface area contributed by atoms with E-state index >= 15 is 0 Å². The first-order valence-corrected chi connectivity index (χ1v) is 14.8. The summed E-state index contributed by atoms with van der Waals surface area (Å²) in [4.78, 5) is 31.7. The Morgan fingerprint density at radius 1 is 0.977 bits per heavy atom. The van der Waals surface area contributed by atoms with Gasteiger partial charge < -0.3 is 24.6 Å². The third kappa shape index (κ3) is 8.45. The van der Waals surface area contributed by atoms with E-state index in [0.717, 1.165) is 11.1 Å². The van der Waals surface area contributed by atoms with Crippen LogP contribution in [0.4, 0.5) is 0 Å². The molecule has 1 amide bonds. The second-order valence-corrected chi connectivity index (χ2v) is 11.7. The Hall–Kier alpha value is -4.17. The van der Waals surface area contributed by atoms with Gasteiger partial charge in [0, 0.05) is 37.5 Å². The molecular formula is C35H42N2O6. The van der Waals surface area contributed by atoms with Crippen molar-refractivity contribution in [3.8, 4) is 5.75 Å². The summed E-state index contributed by atoms with van der Waals surface area (Å²) in [6.07, 6.45) is 0.0486. The highest BCUT2D eigenvalue weighted by Gasteiger charge is 2.50. The van der Waals surface area contributed by atoms with Gasteiger partial charge in [-0.2, -0.15) is 0 Å². The number of nitrogens with one attached hydrogen (secondary N) is 1. The Labute approximate surface area is 254 Å². The molecule has 2 atom stereocenters. The maximum Gasteiger partial charge on any atom is 0.306 e. The Bertz CT molecular complexity index is 1330. The number of hydrogen-bond donors (Lipinski definition) is 2. The average Bonchev–Trinajstić information content (AvgIpc) is 3.34. The molecule has 0 spiro atoms. The Kier molecular flexibility index (Phi) is 10.6. The van der Waals surface area contributed by atoms with Crippen LogP contribution in [0.25, 0.3) is 0 Å². The van der Waals surface area contributed by atoms with Gasteiger partial charge in [-0.3, -0.25) is 9.59 Å². The van der Waals surface area contributed by atoms with Crippen LogP contribution in [0.3, 0.4) is 0 Å². The van der Waals surface area contributed by atoms with Gasteiger partial charge in [0.15, 0.2) is 5.54 Å². The molecule has 0 saturated heterocycles. The molecule has 8 heteroatoms. The fraction of sp³-hybridized carbons (Fsp3) is 0.400. The molecule has 1 heterocycles. The number of hydrogen-bond acceptors (Lipinski definition) is 7. The van der Waals surface area contributed by atoms with E-state index in [1.807, 2.05) is 76.2 Å². The predicted molar refractivity (Wildman–Crippen MR) is 166 cm³/mol. The van der Waals surface area contributed by atoms with Crippen molar-refractivity contribution in [3.63, 3.8) is 0 Å². The van der Waals surface area contributed by atoms with Gasteiger partial charge in [-0.1, -0.05) is 60.7 Å². The van der Waals surface area contributed by atoms with Crippen LogP contribution in [0.15, 0.2) is 89.9 Å². The molecule has 0 saturated carbocycles. The zero-order chi connectivity index (χ0) is 30.9. The SMILES string of the molecule is C[C@H]1OC(c2ccc(OCCCO)cc2)=N[C@@]1(CCC(=O)OC(C)(C)C)C(=O)NCC(c1ccccc1)c1ccccc1. The Morgan fingerprint density at radius 2 is 1.58 bits per heavy atom. The van der Waals surface area contributed by atoms with Crippen LogP contribution in [-0.2, 0) is 19.1 Å². The third-order valence-electron chi connectivity index (χ3n) is 7.33. The normalized spacial score (nSPS) is 18.1. The van der Waals surface area contributed by atoms with E-state index in [-0.39, 0.29) is 31.3 Å². The first-order valence-electron chi connectivity index (χ1n) is 14.8. The summed E-state index contributed by atoms with van der Waals surface area (Å²) >= 11 is 0. The van der Waals surface area contributed by atoms with E-state index in [0.29, 0.717) is 36.8 Å². The molecule has 8 nitrogen and oxygen atoms in total. The molecule has 0 unspecified atom stereocenters. The van der Waals surface area contributed by atoms with Crippen molar-refractivity contribution in [2.45, 2.75) is 70.1 Å². The summed E-state index contributed by atoms with van der Waals surface area (Å²) < 4.78 is 17.4. The van der Waals surface area contributed by atoms with E-state index in [9.17, 15) is 9.59 Å². The minimum atomic E-state index is -1.33. The minimum Gasteiger partial charge on any atom is -0.494 e. The predicted octanol–water partition coefficient (Wildman–Crippen LogP) is 5.42. The topological polar surface area (TPSA) is 106 Å². The molecular weight excluding hydrogens is 544 g/mol. The van der Waals surface area contributed by atoms with Crippen LogP contribution in [0, 0.1) is 0 Å². The summed E-state index contributed by atoms with van der Waals surface area (Å²) in [6, 6.07) is 27.3. The summed E-state index contributed by atoms with van der Waals surface area (Å²) in [5, 5.41) is 12.2. The fourth-order valence-electron chi connectivity index (χ4n) is 5.08. The maximum atomic E-state index is 14.1. The highest BCUT2D eigenvalue weighted by Crippen LogP contribution is 2.34. The molecule has 3 aromatic carbocycles. The maximum absolute atomic E-state index is 14.1. The lowest BCUT2D eigenvalue weighted by atomic mass is 9.86. The highest BCUT2D eigenvalue weighted by atomic mass is 16.6. The average molecular weight is 587 g/mol. The van der Waals surface area contributed by atoms with Gasteiger partial charge in [-0.25, -0.2) is 4.99 Å². The van der Waals surface area contributed by atoms with Crippen LogP contribution < -0.4 is 10.1 Å². The molecule has 1 aliphatic rings. The molecule has 2 N–H and O–H groups in total. The number of ether oxygens (including phenoxy) is 3. The largest absolute Gasteiger partial charge is 0.494 e. The number of aliphatic hydroxyl groups excluding tert-OH is 1. The van der Waals surface area contributed by atoms with Gasteiger partial charge in [-0.15, -0.1) is 0 Å². The first kappa shape index (κ1) is 31.8. The van der Waals surface area contributed by atoms with Gasteiger partial charge in [0.2, 0.25) is 5.90 Å². The monoisotopic (exact) mass is 586 g/mol. The first-order chi connectivity index (χ1) is 20.6. The van der Waals surface area contributed by atoms with Crippen molar-refractivity contribution < 1.29 is 28.9 Å². The third-order valence-corrected chi connectivity index (χ3v) is 7.33. The van der Waals surface area contributed by atoms with E-state index in [1.165, 1.54) is 0 Å². The zero-order valence-corrected chi connectivity index (χ0v) is 25.4. The Balaban J connectivity index is 1.59. The number of carbonyl (C=O) groups excluding carboxylic acids is 2.